The highest BCUT2D eigenvalue weighted by atomic mass is 16.5. The second kappa shape index (κ2) is 7.41. The smallest absolute Gasteiger partial charge is 0.308 e. The minimum atomic E-state index is -0.466. The Kier molecular flexibility index (Phi) is 6.41. The van der Waals surface area contributed by atoms with Crippen molar-refractivity contribution in [2.24, 2.45) is 11.8 Å². The number of hydrogen-bond donors (Lipinski definition) is 1. The van der Waals surface area contributed by atoms with Crippen LogP contribution in [0.1, 0.15) is 53.9 Å². The Labute approximate surface area is 128 Å². The van der Waals surface area contributed by atoms with Gasteiger partial charge in [-0.1, -0.05) is 19.9 Å². The number of aliphatic hydroxyl groups is 1. The molecular formula is C17H30O4. The lowest BCUT2D eigenvalue weighted by molar-refractivity contribution is -0.145. The van der Waals surface area contributed by atoms with Crippen LogP contribution in [0.2, 0.25) is 0 Å². The SMILES string of the molecule is COC(=O)C(C)CC(C)/C=C(\C)[C@H]1CC[C@@](C)(C(C)O)O1. The largest absolute Gasteiger partial charge is 0.469 e. The molecule has 0 aromatic carbocycles. The Bertz CT molecular complexity index is 388. The van der Waals surface area contributed by atoms with Crippen LogP contribution in [0.25, 0.3) is 0 Å². The van der Waals surface area contributed by atoms with Crippen molar-refractivity contribution in [1.29, 1.82) is 0 Å². The normalized spacial score (nSPS) is 30.8. The van der Waals surface area contributed by atoms with Gasteiger partial charge in [0.25, 0.3) is 0 Å². The van der Waals surface area contributed by atoms with Gasteiger partial charge < -0.3 is 14.6 Å². The first-order valence-electron chi connectivity index (χ1n) is 7.81. The number of allylic oxidation sites excluding steroid dienone is 1. The number of methoxy groups -OCH3 is 1. The van der Waals surface area contributed by atoms with E-state index in [1.807, 2.05) is 13.8 Å². The van der Waals surface area contributed by atoms with Crippen LogP contribution in [0.3, 0.4) is 0 Å². The first-order valence-corrected chi connectivity index (χ1v) is 7.81. The molecule has 1 aliphatic rings. The molecule has 1 N–H and O–H groups in total. The molecule has 1 rings (SSSR count). The quantitative estimate of drug-likeness (QED) is 0.605. The Morgan fingerprint density at radius 2 is 2.10 bits per heavy atom. The van der Waals surface area contributed by atoms with Gasteiger partial charge in [-0.05, 0) is 51.5 Å². The first-order chi connectivity index (χ1) is 9.69. The molecule has 4 heteroatoms. The highest BCUT2D eigenvalue weighted by Crippen LogP contribution is 2.36. The van der Waals surface area contributed by atoms with Gasteiger partial charge in [0.05, 0.1) is 30.8 Å². The van der Waals surface area contributed by atoms with E-state index in [0.717, 1.165) is 19.3 Å². The fraction of sp³-hybridized carbons (Fsp3) is 0.824. The monoisotopic (exact) mass is 298 g/mol. The van der Waals surface area contributed by atoms with Crippen LogP contribution in [-0.2, 0) is 14.3 Å². The third-order valence-corrected chi connectivity index (χ3v) is 4.58. The zero-order valence-electron chi connectivity index (χ0n) is 14.2. The molecule has 0 aromatic heterocycles. The summed E-state index contributed by atoms with van der Waals surface area (Å²) in [6.07, 6.45) is 4.35. The lowest BCUT2D eigenvalue weighted by Crippen LogP contribution is -2.37. The molecule has 4 nitrogen and oxygen atoms in total. The van der Waals surface area contributed by atoms with E-state index in [1.54, 1.807) is 6.92 Å². The maximum atomic E-state index is 11.5. The maximum absolute atomic E-state index is 11.5. The van der Waals surface area contributed by atoms with Crippen molar-refractivity contribution in [3.8, 4) is 0 Å². The summed E-state index contributed by atoms with van der Waals surface area (Å²) in [6.45, 7) is 9.81. The number of hydrogen-bond acceptors (Lipinski definition) is 4. The van der Waals surface area contributed by atoms with Gasteiger partial charge in [-0.3, -0.25) is 4.79 Å². The summed E-state index contributed by atoms with van der Waals surface area (Å²) in [5.41, 5.74) is 0.742. The van der Waals surface area contributed by atoms with Gasteiger partial charge in [-0.25, -0.2) is 0 Å². The minimum Gasteiger partial charge on any atom is -0.469 e. The standard InChI is InChI=1S/C17H30O4/c1-11(10-13(3)16(19)20-6)9-12(2)15-7-8-17(5,21-15)14(4)18/h9,11,13-15,18H,7-8,10H2,1-6H3/b12-9+/t11?,13?,14?,15-,17+/m1/s1. The molecule has 1 fully saturated rings. The van der Waals surface area contributed by atoms with Crippen LogP contribution in [0.4, 0.5) is 0 Å². The summed E-state index contributed by atoms with van der Waals surface area (Å²) in [4.78, 5) is 11.5. The molecule has 1 heterocycles. The predicted octanol–water partition coefficient (Wildman–Crippen LogP) is 3.09. The number of aliphatic hydroxyl groups excluding tert-OH is 1. The van der Waals surface area contributed by atoms with Gasteiger partial charge in [-0.15, -0.1) is 0 Å². The number of carbonyl (C=O) groups excluding carboxylic acids is 1. The molecule has 0 radical (unpaired) electrons. The molecule has 0 saturated carbocycles. The fourth-order valence-corrected chi connectivity index (χ4v) is 2.97. The summed E-state index contributed by atoms with van der Waals surface area (Å²) in [6, 6.07) is 0. The summed E-state index contributed by atoms with van der Waals surface area (Å²) in [5.74, 6) is 0.0362. The predicted molar refractivity (Wildman–Crippen MR) is 82.9 cm³/mol. The number of ether oxygens (including phenoxy) is 2. The van der Waals surface area contributed by atoms with Gasteiger partial charge in [0.1, 0.15) is 0 Å². The van der Waals surface area contributed by atoms with Crippen molar-refractivity contribution < 1.29 is 19.4 Å². The van der Waals surface area contributed by atoms with Crippen molar-refractivity contribution in [3.63, 3.8) is 0 Å². The van der Waals surface area contributed by atoms with Gasteiger partial charge in [-0.2, -0.15) is 0 Å². The highest BCUT2D eigenvalue weighted by molar-refractivity contribution is 5.71. The minimum absolute atomic E-state index is 0.0699. The van der Waals surface area contributed by atoms with E-state index in [4.69, 9.17) is 9.47 Å². The van der Waals surface area contributed by atoms with Crippen LogP contribution < -0.4 is 0 Å². The Morgan fingerprint density at radius 1 is 1.48 bits per heavy atom. The van der Waals surface area contributed by atoms with Crippen LogP contribution in [-0.4, -0.2) is 36.0 Å². The molecule has 0 amide bonds. The molecule has 1 saturated heterocycles. The Hall–Kier alpha value is -0.870. The molecule has 122 valence electrons. The number of esters is 1. The maximum Gasteiger partial charge on any atom is 0.308 e. The van der Waals surface area contributed by atoms with Crippen LogP contribution in [0.5, 0.6) is 0 Å². The topological polar surface area (TPSA) is 55.8 Å². The molecule has 0 aliphatic carbocycles. The summed E-state index contributed by atoms with van der Waals surface area (Å²) >= 11 is 0. The first kappa shape index (κ1) is 18.2. The molecule has 0 aromatic rings. The van der Waals surface area contributed by atoms with Crippen molar-refractivity contribution in [1.82, 2.24) is 0 Å². The zero-order valence-corrected chi connectivity index (χ0v) is 14.2. The Morgan fingerprint density at radius 3 is 2.57 bits per heavy atom. The summed E-state index contributed by atoms with van der Waals surface area (Å²) in [7, 11) is 1.42. The molecule has 0 spiro atoms. The second-order valence-corrected chi connectivity index (χ2v) is 6.68. The van der Waals surface area contributed by atoms with E-state index in [9.17, 15) is 9.90 Å². The van der Waals surface area contributed by atoms with Gasteiger partial charge >= 0.3 is 5.97 Å². The molecule has 5 atom stereocenters. The van der Waals surface area contributed by atoms with Crippen LogP contribution in [0, 0.1) is 11.8 Å². The van der Waals surface area contributed by atoms with Crippen molar-refractivity contribution in [2.45, 2.75) is 71.7 Å². The fourth-order valence-electron chi connectivity index (χ4n) is 2.97. The summed E-state index contributed by atoms with van der Waals surface area (Å²) in [5, 5.41) is 9.80. The van der Waals surface area contributed by atoms with E-state index in [1.165, 1.54) is 12.7 Å². The van der Waals surface area contributed by atoms with E-state index in [-0.39, 0.29) is 18.0 Å². The van der Waals surface area contributed by atoms with Crippen molar-refractivity contribution >= 4 is 5.97 Å². The molecule has 3 unspecified atom stereocenters. The highest BCUT2D eigenvalue weighted by Gasteiger charge is 2.40. The average molecular weight is 298 g/mol. The lowest BCUT2D eigenvalue weighted by atomic mass is 9.93. The zero-order chi connectivity index (χ0) is 16.2. The lowest BCUT2D eigenvalue weighted by Gasteiger charge is -2.28. The molecule has 0 bridgehead atoms. The van der Waals surface area contributed by atoms with Gasteiger partial charge in [0.15, 0.2) is 0 Å². The van der Waals surface area contributed by atoms with E-state index in [0.29, 0.717) is 5.92 Å². The number of carbonyl (C=O) groups is 1. The summed E-state index contributed by atoms with van der Waals surface area (Å²) < 4.78 is 10.8. The third-order valence-electron chi connectivity index (χ3n) is 4.58. The number of rotatable bonds is 6. The second-order valence-electron chi connectivity index (χ2n) is 6.68. The van der Waals surface area contributed by atoms with Crippen molar-refractivity contribution in [3.05, 3.63) is 11.6 Å². The van der Waals surface area contributed by atoms with Crippen molar-refractivity contribution in [2.75, 3.05) is 7.11 Å². The van der Waals surface area contributed by atoms with Gasteiger partial charge in [0, 0.05) is 0 Å². The van der Waals surface area contributed by atoms with Crippen LogP contribution >= 0.6 is 0 Å². The van der Waals surface area contributed by atoms with E-state index >= 15 is 0 Å². The molecular weight excluding hydrogens is 268 g/mol. The molecule has 1 aliphatic heterocycles. The van der Waals surface area contributed by atoms with E-state index < -0.39 is 11.7 Å². The third kappa shape index (κ3) is 4.82. The molecule has 21 heavy (non-hydrogen) atoms. The van der Waals surface area contributed by atoms with Gasteiger partial charge in [0.2, 0.25) is 0 Å². The van der Waals surface area contributed by atoms with E-state index in [2.05, 4.69) is 19.9 Å². The Balaban J connectivity index is 2.59. The van der Waals surface area contributed by atoms with Crippen LogP contribution in [0.15, 0.2) is 11.6 Å². The average Bonchev–Trinajstić information content (AvgIpc) is 2.81.